The number of hydrogen-bond acceptors (Lipinski definition) is 2. The Morgan fingerprint density at radius 2 is 1.95 bits per heavy atom. The molecule has 2 N–H and O–H groups in total. The van der Waals surface area contributed by atoms with Crippen molar-refractivity contribution in [3.8, 4) is 0 Å². The molecule has 3 heteroatoms. The summed E-state index contributed by atoms with van der Waals surface area (Å²) < 4.78 is 13.6. The fourth-order valence-electron chi connectivity index (χ4n) is 2.71. The predicted octanol–water partition coefficient (Wildman–Crippen LogP) is 3.65. The zero-order valence-electron chi connectivity index (χ0n) is 13.0. The Morgan fingerprint density at radius 1 is 1.30 bits per heavy atom. The molecule has 1 aromatic carbocycles. The van der Waals surface area contributed by atoms with Gasteiger partial charge in [-0.05, 0) is 68.4 Å². The molecule has 0 amide bonds. The van der Waals surface area contributed by atoms with Gasteiger partial charge in [0.15, 0.2) is 0 Å². The van der Waals surface area contributed by atoms with E-state index in [0.29, 0.717) is 11.0 Å². The minimum Gasteiger partial charge on any atom is -0.324 e. The molecular formula is C17H27FN2. The van der Waals surface area contributed by atoms with Gasteiger partial charge in [-0.15, -0.1) is 0 Å². The van der Waals surface area contributed by atoms with Gasteiger partial charge in [-0.1, -0.05) is 26.0 Å². The molecule has 1 aliphatic heterocycles. The van der Waals surface area contributed by atoms with Crippen LogP contribution in [0, 0.1) is 18.2 Å². The van der Waals surface area contributed by atoms with Crippen LogP contribution in [0.3, 0.4) is 0 Å². The van der Waals surface area contributed by atoms with Gasteiger partial charge in [0.05, 0.1) is 0 Å². The van der Waals surface area contributed by atoms with Crippen LogP contribution in [0.15, 0.2) is 18.2 Å². The van der Waals surface area contributed by atoms with Crippen molar-refractivity contribution in [3.05, 3.63) is 35.1 Å². The zero-order valence-corrected chi connectivity index (χ0v) is 13.0. The fourth-order valence-corrected chi connectivity index (χ4v) is 2.71. The quantitative estimate of drug-likeness (QED) is 0.911. The molecule has 0 radical (unpaired) electrons. The van der Waals surface area contributed by atoms with Crippen molar-refractivity contribution in [1.82, 2.24) is 4.90 Å². The van der Waals surface area contributed by atoms with Crippen molar-refractivity contribution in [2.45, 2.75) is 46.1 Å². The topological polar surface area (TPSA) is 29.3 Å². The summed E-state index contributed by atoms with van der Waals surface area (Å²) in [6.45, 7) is 9.77. The van der Waals surface area contributed by atoms with E-state index in [1.54, 1.807) is 13.0 Å². The average Bonchev–Trinajstić information content (AvgIpc) is 2.40. The Morgan fingerprint density at radius 3 is 2.55 bits per heavy atom. The molecule has 1 aromatic rings. The zero-order chi connectivity index (χ0) is 14.8. The molecule has 0 spiro atoms. The van der Waals surface area contributed by atoms with E-state index in [1.807, 2.05) is 12.1 Å². The van der Waals surface area contributed by atoms with E-state index >= 15 is 0 Å². The number of likely N-dealkylation sites (tertiary alicyclic amines) is 1. The molecule has 0 aromatic heterocycles. The van der Waals surface area contributed by atoms with E-state index in [4.69, 9.17) is 5.73 Å². The van der Waals surface area contributed by atoms with E-state index in [9.17, 15) is 4.39 Å². The fraction of sp³-hybridized carbons (Fsp3) is 0.647. The maximum Gasteiger partial charge on any atom is 0.126 e. The van der Waals surface area contributed by atoms with Crippen molar-refractivity contribution in [2.24, 2.45) is 11.1 Å². The smallest absolute Gasteiger partial charge is 0.126 e. The number of hydrogen-bond donors (Lipinski definition) is 1. The van der Waals surface area contributed by atoms with Crippen molar-refractivity contribution < 1.29 is 4.39 Å². The molecule has 1 aliphatic rings. The number of nitrogens with zero attached hydrogens (tertiary/aromatic N) is 1. The van der Waals surface area contributed by atoms with E-state index < -0.39 is 0 Å². The Balaban J connectivity index is 1.83. The van der Waals surface area contributed by atoms with Crippen molar-refractivity contribution >= 4 is 0 Å². The summed E-state index contributed by atoms with van der Waals surface area (Å²) in [5.41, 5.74) is 8.26. The Bertz CT molecular complexity index is 446. The molecule has 1 heterocycles. The summed E-state index contributed by atoms with van der Waals surface area (Å²) in [7, 11) is 0. The van der Waals surface area contributed by atoms with Gasteiger partial charge in [0, 0.05) is 6.04 Å². The third kappa shape index (κ3) is 4.03. The predicted molar refractivity (Wildman–Crippen MR) is 82.1 cm³/mol. The summed E-state index contributed by atoms with van der Waals surface area (Å²) in [6, 6.07) is 5.27. The summed E-state index contributed by atoms with van der Waals surface area (Å²) in [4.78, 5) is 2.48. The second-order valence-electron chi connectivity index (χ2n) is 6.91. The van der Waals surface area contributed by atoms with E-state index in [-0.39, 0.29) is 11.9 Å². The monoisotopic (exact) mass is 278 g/mol. The summed E-state index contributed by atoms with van der Waals surface area (Å²) >= 11 is 0. The largest absolute Gasteiger partial charge is 0.324 e. The lowest BCUT2D eigenvalue weighted by Gasteiger charge is -2.37. The lowest BCUT2D eigenvalue weighted by atomic mass is 9.82. The highest BCUT2D eigenvalue weighted by molar-refractivity contribution is 5.25. The number of halogens is 1. The first-order valence-electron chi connectivity index (χ1n) is 7.61. The summed E-state index contributed by atoms with van der Waals surface area (Å²) in [6.07, 6.45) is 3.39. The van der Waals surface area contributed by atoms with Gasteiger partial charge in [0.2, 0.25) is 0 Å². The summed E-state index contributed by atoms with van der Waals surface area (Å²) in [5, 5.41) is 0. The van der Waals surface area contributed by atoms with Crippen LogP contribution in [0.4, 0.5) is 4.39 Å². The van der Waals surface area contributed by atoms with Gasteiger partial charge in [-0.25, -0.2) is 4.39 Å². The van der Waals surface area contributed by atoms with Gasteiger partial charge in [-0.3, -0.25) is 0 Å². The molecule has 112 valence electrons. The standard InChI is InChI=1S/C17H27FN2/c1-13-4-5-14(12-15(13)18)16(19)6-9-20-10-7-17(2,3)8-11-20/h4-5,12,16H,6-11,19H2,1-3H3. The number of rotatable bonds is 4. The Hall–Kier alpha value is -0.930. The lowest BCUT2D eigenvalue weighted by molar-refractivity contribution is 0.129. The van der Waals surface area contributed by atoms with E-state index in [0.717, 1.165) is 31.6 Å². The van der Waals surface area contributed by atoms with Crippen LogP contribution in [0.25, 0.3) is 0 Å². The van der Waals surface area contributed by atoms with Gasteiger partial charge in [0.1, 0.15) is 5.82 Å². The van der Waals surface area contributed by atoms with Crippen LogP contribution in [0.5, 0.6) is 0 Å². The minimum absolute atomic E-state index is 0.0694. The van der Waals surface area contributed by atoms with Crippen molar-refractivity contribution in [2.75, 3.05) is 19.6 Å². The molecule has 0 aliphatic carbocycles. The highest BCUT2D eigenvalue weighted by Crippen LogP contribution is 2.30. The average molecular weight is 278 g/mol. The summed E-state index contributed by atoms with van der Waals surface area (Å²) in [5.74, 6) is -0.155. The molecule has 20 heavy (non-hydrogen) atoms. The van der Waals surface area contributed by atoms with Crippen molar-refractivity contribution in [1.29, 1.82) is 0 Å². The molecular weight excluding hydrogens is 251 g/mol. The van der Waals surface area contributed by atoms with Gasteiger partial charge in [-0.2, -0.15) is 0 Å². The molecule has 0 saturated carbocycles. The number of piperidine rings is 1. The first kappa shape index (κ1) is 15.5. The van der Waals surface area contributed by atoms with E-state index in [1.165, 1.54) is 12.8 Å². The van der Waals surface area contributed by atoms with Gasteiger partial charge in [0.25, 0.3) is 0 Å². The molecule has 1 unspecified atom stereocenters. The highest BCUT2D eigenvalue weighted by atomic mass is 19.1. The molecule has 0 bridgehead atoms. The van der Waals surface area contributed by atoms with Crippen molar-refractivity contribution in [3.63, 3.8) is 0 Å². The van der Waals surface area contributed by atoms with Crippen LogP contribution in [0.2, 0.25) is 0 Å². The second kappa shape index (κ2) is 6.23. The third-order valence-corrected chi connectivity index (χ3v) is 4.59. The Kier molecular flexibility index (Phi) is 4.82. The van der Waals surface area contributed by atoms with Crippen LogP contribution in [-0.4, -0.2) is 24.5 Å². The van der Waals surface area contributed by atoms with E-state index in [2.05, 4.69) is 18.7 Å². The van der Waals surface area contributed by atoms with Crippen LogP contribution < -0.4 is 5.73 Å². The lowest BCUT2D eigenvalue weighted by Crippen LogP contribution is -2.38. The van der Waals surface area contributed by atoms with Gasteiger partial charge < -0.3 is 10.6 Å². The molecule has 2 nitrogen and oxygen atoms in total. The number of aryl methyl sites for hydroxylation is 1. The second-order valence-corrected chi connectivity index (χ2v) is 6.91. The Labute approximate surface area is 122 Å². The first-order chi connectivity index (χ1) is 9.37. The molecule has 1 fully saturated rings. The number of benzene rings is 1. The maximum atomic E-state index is 13.6. The molecule has 2 rings (SSSR count). The first-order valence-corrected chi connectivity index (χ1v) is 7.61. The highest BCUT2D eigenvalue weighted by Gasteiger charge is 2.25. The normalized spacial score (nSPS) is 20.9. The van der Waals surface area contributed by atoms with Crippen LogP contribution >= 0.6 is 0 Å². The van der Waals surface area contributed by atoms with Crippen LogP contribution in [0.1, 0.15) is 50.3 Å². The van der Waals surface area contributed by atoms with Crippen LogP contribution in [-0.2, 0) is 0 Å². The molecule has 1 atom stereocenters. The minimum atomic E-state index is -0.155. The van der Waals surface area contributed by atoms with Gasteiger partial charge >= 0.3 is 0 Å². The molecule has 1 saturated heterocycles. The third-order valence-electron chi connectivity index (χ3n) is 4.59. The maximum absolute atomic E-state index is 13.6. The number of nitrogens with two attached hydrogens (primary N) is 1. The SMILES string of the molecule is Cc1ccc(C(N)CCN2CCC(C)(C)CC2)cc1F.